The first-order valence-electron chi connectivity index (χ1n) is 7.30. The van der Waals surface area contributed by atoms with Crippen LogP contribution in [-0.4, -0.2) is 64.5 Å². The number of aryl methyl sites for hydroxylation is 1. The predicted octanol–water partition coefficient (Wildman–Crippen LogP) is 0.163. The number of imidazole rings is 1. The second kappa shape index (κ2) is 6.85. The Morgan fingerprint density at radius 3 is 2.85 bits per heavy atom. The second-order valence-electron chi connectivity index (χ2n) is 5.71. The SMILES string of the molecule is CC(CN)CN1CCCN(C(=O)c2cn(C)cn2)CC1. The van der Waals surface area contributed by atoms with Gasteiger partial charge in [-0.2, -0.15) is 0 Å². The Bertz CT molecular complexity index is 445. The highest BCUT2D eigenvalue weighted by atomic mass is 16.2. The smallest absolute Gasteiger partial charge is 0.274 e. The summed E-state index contributed by atoms with van der Waals surface area (Å²) in [5.41, 5.74) is 6.22. The van der Waals surface area contributed by atoms with Crippen LogP contribution >= 0.6 is 0 Å². The van der Waals surface area contributed by atoms with Gasteiger partial charge >= 0.3 is 0 Å². The highest BCUT2D eigenvalue weighted by Gasteiger charge is 2.22. The fraction of sp³-hybridized carbons (Fsp3) is 0.714. The fourth-order valence-corrected chi connectivity index (χ4v) is 2.56. The molecule has 1 unspecified atom stereocenters. The molecule has 0 bridgehead atoms. The van der Waals surface area contributed by atoms with Gasteiger partial charge in [-0.3, -0.25) is 4.79 Å². The summed E-state index contributed by atoms with van der Waals surface area (Å²) in [5.74, 6) is 0.548. The van der Waals surface area contributed by atoms with Crippen molar-refractivity contribution in [3.8, 4) is 0 Å². The molecule has 1 aliphatic heterocycles. The van der Waals surface area contributed by atoms with Crippen LogP contribution in [0.5, 0.6) is 0 Å². The summed E-state index contributed by atoms with van der Waals surface area (Å²) in [6.07, 6.45) is 4.46. The van der Waals surface area contributed by atoms with Crippen LogP contribution in [0.2, 0.25) is 0 Å². The van der Waals surface area contributed by atoms with Crippen molar-refractivity contribution in [2.45, 2.75) is 13.3 Å². The predicted molar refractivity (Wildman–Crippen MR) is 78.4 cm³/mol. The monoisotopic (exact) mass is 279 g/mol. The number of nitrogens with zero attached hydrogens (tertiary/aromatic N) is 4. The standard InChI is InChI=1S/C14H25N5O/c1-12(8-15)9-18-4-3-5-19(7-6-18)14(20)13-10-17(2)11-16-13/h10-12H,3-9,15H2,1-2H3. The number of carbonyl (C=O) groups excluding carboxylic acids is 1. The average Bonchev–Trinajstić information content (AvgIpc) is 2.74. The van der Waals surface area contributed by atoms with Gasteiger partial charge in [0.05, 0.1) is 6.33 Å². The highest BCUT2D eigenvalue weighted by Crippen LogP contribution is 2.09. The number of amides is 1. The molecule has 20 heavy (non-hydrogen) atoms. The van der Waals surface area contributed by atoms with Crippen molar-refractivity contribution in [2.75, 3.05) is 39.3 Å². The van der Waals surface area contributed by atoms with Crippen molar-refractivity contribution in [2.24, 2.45) is 18.7 Å². The van der Waals surface area contributed by atoms with Crippen LogP contribution in [0.3, 0.4) is 0 Å². The van der Waals surface area contributed by atoms with E-state index in [1.54, 1.807) is 17.1 Å². The number of hydrogen-bond donors (Lipinski definition) is 1. The topological polar surface area (TPSA) is 67.4 Å². The molecule has 1 atom stereocenters. The molecule has 1 saturated heterocycles. The van der Waals surface area contributed by atoms with Crippen LogP contribution in [0.15, 0.2) is 12.5 Å². The molecule has 6 nitrogen and oxygen atoms in total. The van der Waals surface area contributed by atoms with Crippen LogP contribution in [0.25, 0.3) is 0 Å². The number of hydrogen-bond acceptors (Lipinski definition) is 4. The lowest BCUT2D eigenvalue weighted by molar-refractivity contribution is 0.0755. The van der Waals surface area contributed by atoms with E-state index in [2.05, 4.69) is 16.8 Å². The molecule has 2 rings (SSSR count). The lowest BCUT2D eigenvalue weighted by Gasteiger charge is -2.23. The van der Waals surface area contributed by atoms with E-state index >= 15 is 0 Å². The zero-order chi connectivity index (χ0) is 14.5. The first-order valence-corrected chi connectivity index (χ1v) is 7.30. The molecule has 1 amide bonds. The summed E-state index contributed by atoms with van der Waals surface area (Å²) >= 11 is 0. The Kier molecular flexibility index (Phi) is 5.14. The van der Waals surface area contributed by atoms with Gasteiger partial charge < -0.3 is 20.1 Å². The lowest BCUT2D eigenvalue weighted by atomic mass is 10.1. The molecule has 2 N–H and O–H groups in total. The van der Waals surface area contributed by atoms with Crippen LogP contribution < -0.4 is 5.73 Å². The van der Waals surface area contributed by atoms with E-state index in [1.165, 1.54) is 0 Å². The van der Waals surface area contributed by atoms with Crippen molar-refractivity contribution in [3.63, 3.8) is 0 Å². The average molecular weight is 279 g/mol. The minimum atomic E-state index is 0.0410. The maximum absolute atomic E-state index is 12.4. The summed E-state index contributed by atoms with van der Waals surface area (Å²) in [4.78, 5) is 20.8. The minimum Gasteiger partial charge on any atom is -0.340 e. The number of carbonyl (C=O) groups is 1. The van der Waals surface area contributed by atoms with Crippen LogP contribution in [0.1, 0.15) is 23.8 Å². The van der Waals surface area contributed by atoms with Gasteiger partial charge in [-0.15, -0.1) is 0 Å². The van der Waals surface area contributed by atoms with Gasteiger partial charge in [-0.25, -0.2) is 4.98 Å². The Labute approximate surface area is 120 Å². The van der Waals surface area contributed by atoms with Crippen molar-refractivity contribution >= 4 is 5.91 Å². The van der Waals surface area contributed by atoms with Crippen molar-refractivity contribution in [1.29, 1.82) is 0 Å². The molecule has 0 spiro atoms. The Morgan fingerprint density at radius 2 is 2.20 bits per heavy atom. The fourth-order valence-electron chi connectivity index (χ4n) is 2.56. The highest BCUT2D eigenvalue weighted by molar-refractivity contribution is 5.92. The van der Waals surface area contributed by atoms with E-state index in [1.807, 2.05) is 11.9 Å². The van der Waals surface area contributed by atoms with Crippen molar-refractivity contribution in [3.05, 3.63) is 18.2 Å². The van der Waals surface area contributed by atoms with Gasteiger partial charge in [0.25, 0.3) is 5.91 Å². The molecule has 1 aliphatic rings. The quantitative estimate of drug-likeness (QED) is 0.853. The van der Waals surface area contributed by atoms with E-state index in [0.717, 1.165) is 39.1 Å². The maximum atomic E-state index is 12.4. The third-order valence-corrected chi connectivity index (χ3v) is 3.77. The van der Waals surface area contributed by atoms with Gasteiger partial charge in [0.15, 0.2) is 0 Å². The largest absolute Gasteiger partial charge is 0.340 e. The van der Waals surface area contributed by atoms with Gasteiger partial charge in [-0.05, 0) is 25.4 Å². The molecule has 0 radical (unpaired) electrons. The first-order chi connectivity index (χ1) is 9.60. The van der Waals surface area contributed by atoms with Crippen LogP contribution in [-0.2, 0) is 7.05 Å². The van der Waals surface area contributed by atoms with Crippen LogP contribution in [0.4, 0.5) is 0 Å². The Morgan fingerprint density at radius 1 is 1.40 bits per heavy atom. The molecule has 0 aliphatic carbocycles. The third-order valence-electron chi connectivity index (χ3n) is 3.77. The third kappa shape index (κ3) is 3.80. The summed E-state index contributed by atoms with van der Waals surface area (Å²) in [5, 5.41) is 0. The van der Waals surface area contributed by atoms with Crippen LogP contribution in [0, 0.1) is 5.92 Å². The first kappa shape index (κ1) is 15.0. The number of nitrogens with two attached hydrogens (primary N) is 1. The van der Waals surface area contributed by atoms with Crippen molar-refractivity contribution in [1.82, 2.24) is 19.4 Å². The van der Waals surface area contributed by atoms with E-state index in [-0.39, 0.29) is 5.91 Å². The molecule has 0 aromatic carbocycles. The zero-order valence-corrected chi connectivity index (χ0v) is 12.5. The molecule has 1 fully saturated rings. The zero-order valence-electron chi connectivity index (χ0n) is 12.5. The molecule has 2 heterocycles. The van der Waals surface area contributed by atoms with E-state index in [4.69, 9.17) is 5.73 Å². The molecule has 112 valence electrons. The Hall–Kier alpha value is -1.40. The number of rotatable bonds is 4. The molecule has 0 saturated carbocycles. The summed E-state index contributed by atoms with van der Waals surface area (Å²) < 4.78 is 1.81. The van der Waals surface area contributed by atoms with Gasteiger partial charge in [0.1, 0.15) is 5.69 Å². The summed E-state index contributed by atoms with van der Waals surface area (Å²) in [6, 6.07) is 0. The van der Waals surface area contributed by atoms with E-state index in [0.29, 0.717) is 18.2 Å². The molecular weight excluding hydrogens is 254 g/mol. The molecular formula is C14H25N5O. The second-order valence-corrected chi connectivity index (χ2v) is 5.71. The molecule has 1 aromatic heterocycles. The van der Waals surface area contributed by atoms with E-state index in [9.17, 15) is 4.79 Å². The van der Waals surface area contributed by atoms with Gasteiger partial charge in [0, 0.05) is 39.4 Å². The lowest BCUT2D eigenvalue weighted by Crippen LogP contribution is -2.37. The normalized spacial score (nSPS) is 18.9. The molecule has 1 aromatic rings. The number of aromatic nitrogens is 2. The summed E-state index contributed by atoms with van der Waals surface area (Å²) in [6.45, 7) is 7.44. The summed E-state index contributed by atoms with van der Waals surface area (Å²) in [7, 11) is 1.88. The van der Waals surface area contributed by atoms with Gasteiger partial charge in [0.2, 0.25) is 0 Å². The van der Waals surface area contributed by atoms with E-state index < -0.39 is 0 Å². The minimum absolute atomic E-state index is 0.0410. The van der Waals surface area contributed by atoms with Crippen molar-refractivity contribution < 1.29 is 4.79 Å². The Balaban J connectivity index is 1.90. The molecule has 6 heteroatoms. The maximum Gasteiger partial charge on any atom is 0.274 e. The van der Waals surface area contributed by atoms with Gasteiger partial charge in [-0.1, -0.05) is 6.92 Å².